The van der Waals surface area contributed by atoms with E-state index in [2.05, 4.69) is 50.8 Å². The molecule has 90 valence electrons. The molecule has 1 aromatic carbocycles. The molecule has 0 saturated carbocycles. The first kappa shape index (κ1) is 13.5. The first-order valence-electron chi connectivity index (χ1n) is 6.35. The van der Waals surface area contributed by atoms with Crippen LogP contribution in [-0.2, 0) is 0 Å². The molecule has 1 aliphatic carbocycles. The average molecular weight is 226 g/mol. The van der Waals surface area contributed by atoms with Gasteiger partial charge in [0.2, 0.25) is 0 Å². The largest absolute Gasteiger partial charge is 0.0991 e. The topological polar surface area (TPSA) is 0 Å². The molecule has 2 rings (SSSR count). The van der Waals surface area contributed by atoms with Gasteiger partial charge in [-0.1, -0.05) is 75.4 Å². The molecule has 1 atom stereocenters. The highest BCUT2D eigenvalue weighted by molar-refractivity contribution is 5.84. The Balaban J connectivity index is 0.000000686. The van der Waals surface area contributed by atoms with Crippen molar-refractivity contribution in [3.8, 4) is 0 Å². The van der Waals surface area contributed by atoms with Crippen LogP contribution < -0.4 is 0 Å². The van der Waals surface area contributed by atoms with Crippen LogP contribution >= 0.6 is 0 Å². The van der Waals surface area contributed by atoms with Crippen LogP contribution in [0, 0.1) is 0 Å². The van der Waals surface area contributed by atoms with Crippen molar-refractivity contribution in [2.75, 3.05) is 0 Å². The second kappa shape index (κ2) is 6.24. The molecule has 0 bridgehead atoms. The Morgan fingerprint density at radius 1 is 1.18 bits per heavy atom. The van der Waals surface area contributed by atoms with E-state index in [-0.39, 0.29) is 0 Å². The summed E-state index contributed by atoms with van der Waals surface area (Å²) >= 11 is 0. The average Bonchev–Trinajstić information content (AvgIpc) is 2.63. The monoisotopic (exact) mass is 226 g/mol. The number of hydrogen-bond acceptors (Lipinski definition) is 0. The van der Waals surface area contributed by atoms with Crippen molar-refractivity contribution in [3.05, 3.63) is 65.8 Å². The molecule has 0 N–H and O–H groups in total. The summed E-state index contributed by atoms with van der Waals surface area (Å²) < 4.78 is 0. The third-order valence-corrected chi connectivity index (χ3v) is 3.19. The first-order valence-corrected chi connectivity index (χ1v) is 6.35. The zero-order valence-corrected chi connectivity index (χ0v) is 11.3. The van der Waals surface area contributed by atoms with Crippen molar-refractivity contribution >= 4 is 5.57 Å². The Labute approximate surface area is 105 Å². The van der Waals surface area contributed by atoms with E-state index >= 15 is 0 Å². The molecular formula is C17H22. The summed E-state index contributed by atoms with van der Waals surface area (Å²) in [5.41, 5.74) is 5.63. The Morgan fingerprint density at radius 3 is 2.47 bits per heavy atom. The van der Waals surface area contributed by atoms with Crippen molar-refractivity contribution in [1.29, 1.82) is 0 Å². The molecule has 0 heteroatoms. The third-order valence-electron chi connectivity index (χ3n) is 3.19. The Hall–Kier alpha value is -1.56. The fraction of sp³-hybridized carbons (Fsp3) is 0.294. The Morgan fingerprint density at radius 2 is 1.82 bits per heavy atom. The van der Waals surface area contributed by atoms with Gasteiger partial charge >= 0.3 is 0 Å². The van der Waals surface area contributed by atoms with Crippen molar-refractivity contribution in [1.82, 2.24) is 0 Å². The van der Waals surface area contributed by atoms with Gasteiger partial charge in [0.25, 0.3) is 0 Å². The summed E-state index contributed by atoms with van der Waals surface area (Å²) in [5.74, 6) is 0.547. The Bertz CT molecular complexity index is 447. The molecule has 1 unspecified atom stereocenters. The summed E-state index contributed by atoms with van der Waals surface area (Å²) in [6, 6.07) is 8.64. The highest BCUT2D eigenvalue weighted by atomic mass is 14.3. The second-order valence-corrected chi connectivity index (χ2v) is 4.00. The van der Waals surface area contributed by atoms with Crippen molar-refractivity contribution in [3.63, 3.8) is 0 Å². The van der Waals surface area contributed by atoms with Crippen LogP contribution in [-0.4, -0.2) is 0 Å². The summed E-state index contributed by atoms with van der Waals surface area (Å²) in [6.45, 7) is 12.2. The lowest BCUT2D eigenvalue weighted by atomic mass is 9.99. The minimum atomic E-state index is 0.547. The standard InChI is InChI=1S/C15H16.C2H6/c1-4-5-8-13-11(2)12(3)14-9-6-7-10-15(13)14;1-2/h4-10,12H,1H2,2-3H3;1-2H3/b8-5-;. The molecule has 1 aliphatic rings. The molecule has 0 heterocycles. The Kier molecular flexibility index (Phi) is 4.96. The van der Waals surface area contributed by atoms with Gasteiger partial charge < -0.3 is 0 Å². The van der Waals surface area contributed by atoms with E-state index in [9.17, 15) is 0 Å². The molecule has 0 fully saturated rings. The normalized spacial score (nSPS) is 17.8. The van der Waals surface area contributed by atoms with Crippen molar-refractivity contribution < 1.29 is 0 Å². The van der Waals surface area contributed by atoms with Gasteiger partial charge in [0, 0.05) is 5.92 Å². The summed E-state index contributed by atoms with van der Waals surface area (Å²) in [5, 5.41) is 0. The molecule has 0 spiro atoms. The van der Waals surface area contributed by atoms with E-state index in [0.717, 1.165) is 0 Å². The van der Waals surface area contributed by atoms with Crippen molar-refractivity contribution in [2.24, 2.45) is 0 Å². The van der Waals surface area contributed by atoms with Crippen LogP contribution in [0.3, 0.4) is 0 Å². The number of rotatable bonds is 2. The lowest BCUT2D eigenvalue weighted by Gasteiger charge is -2.05. The van der Waals surface area contributed by atoms with E-state index in [1.54, 1.807) is 0 Å². The van der Waals surface area contributed by atoms with Gasteiger partial charge in [0.15, 0.2) is 0 Å². The van der Waals surface area contributed by atoms with E-state index in [0.29, 0.717) is 5.92 Å². The maximum atomic E-state index is 3.71. The van der Waals surface area contributed by atoms with E-state index < -0.39 is 0 Å². The lowest BCUT2D eigenvalue weighted by Crippen LogP contribution is -1.88. The van der Waals surface area contributed by atoms with Crippen LogP contribution in [0.2, 0.25) is 0 Å². The van der Waals surface area contributed by atoms with Gasteiger partial charge in [0.1, 0.15) is 0 Å². The zero-order chi connectivity index (χ0) is 12.8. The predicted molar refractivity (Wildman–Crippen MR) is 78.1 cm³/mol. The number of benzene rings is 1. The van der Waals surface area contributed by atoms with Crippen LogP contribution in [0.4, 0.5) is 0 Å². The van der Waals surface area contributed by atoms with Crippen LogP contribution in [0.25, 0.3) is 5.57 Å². The number of allylic oxidation sites excluding steroid dienone is 5. The minimum Gasteiger partial charge on any atom is -0.0991 e. The fourth-order valence-electron chi connectivity index (χ4n) is 2.18. The quantitative estimate of drug-likeness (QED) is 0.597. The first-order chi connectivity index (χ1) is 8.25. The predicted octanol–water partition coefficient (Wildman–Crippen LogP) is 5.35. The fourth-order valence-corrected chi connectivity index (χ4v) is 2.18. The third kappa shape index (κ3) is 2.58. The highest BCUT2D eigenvalue weighted by Crippen LogP contribution is 2.41. The van der Waals surface area contributed by atoms with E-state index in [1.807, 2.05) is 26.0 Å². The summed E-state index contributed by atoms with van der Waals surface area (Å²) in [6.07, 6.45) is 5.99. The smallest absolute Gasteiger partial charge is 0.00324 e. The lowest BCUT2D eigenvalue weighted by molar-refractivity contribution is 0.920. The highest BCUT2D eigenvalue weighted by Gasteiger charge is 2.22. The van der Waals surface area contributed by atoms with E-state index in [4.69, 9.17) is 0 Å². The molecule has 0 amide bonds. The van der Waals surface area contributed by atoms with Gasteiger partial charge in [-0.3, -0.25) is 0 Å². The number of fused-ring (bicyclic) bond motifs is 1. The van der Waals surface area contributed by atoms with Crippen LogP contribution in [0.15, 0.2) is 54.6 Å². The second-order valence-electron chi connectivity index (χ2n) is 4.00. The van der Waals surface area contributed by atoms with Gasteiger partial charge in [0.05, 0.1) is 0 Å². The SMILES string of the molecule is C=C/C=C\C1=C(C)C(C)c2ccccc21.CC. The number of hydrogen-bond donors (Lipinski definition) is 0. The maximum Gasteiger partial charge on any atom is 0.00324 e. The molecule has 0 aromatic heterocycles. The molecule has 0 nitrogen and oxygen atoms in total. The van der Waals surface area contributed by atoms with Crippen LogP contribution in [0.1, 0.15) is 44.7 Å². The van der Waals surface area contributed by atoms with Crippen LogP contribution in [0.5, 0.6) is 0 Å². The summed E-state index contributed by atoms with van der Waals surface area (Å²) in [4.78, 5) is 0. The van der Waals surface area contributed by atoms with Gasteiger partial charge in [-0.2, -0.15) is 0 Å². The molecule has 0 aliphatic heterocycles. The minimum absolute atomic E-state index is 0.547. The summed E-state index contributed by atoms with van der Waals surface area (Å²) in [7, 11) is 0. The molecule has 0 saturated heterocycles. The van der Waals surface area contributed by atoms with Gasteiger partial charge in [-0.25, -0.2) is 0 Å². The van der Waals surface area contributed by atoms with E-state index in [1.165, 1.54) is 22.3 Å². The maximum absolute atomic E-state index is 3.71. The van der Waals surface area contributed by atoms with Gasteiger partial charge in [-0.15, -0.1) is 0 Å². The van der Waals surface area contributed by atoms with Gasteiger partial charge in [-0.05, 0) is 23.6 Å². The molecule has 1 aromatic rings. The zero-order valence-electron chi connectivity index (χ0n) is 11.3. The molecular weight excluding hydrogens is 204 g/mol. The van der Waals surface area contributed by atoms with Crippen molar-refractivity contribution in [2.45, 2.75) is 33.6 Å². The molecule has 17 heavy (non-hydrogen) atoms. The molecule has 0 radical (unpaired) electrons.